The topological polar surface area (TPSA) is 85.2 Å². The van der Waals surface area contributed by atoms with Crippen molar-refractivity contribution in [2.24, 2.45) is 0 Å². The Balaban J connectivity index is 0.000000250. The lowest BCUT2D eigenvalue weighted by Gasteiger charge is -2.02. The van der Waals surface area contributed by atoms with Crippen LogP contribution in [0.4, 0.5) is 0 Å². The van der Waals surface area contributed by atoms with Gasteiger partial charge >= 0.3 is 5.97 Å². The number of hydrogen-bond acceptors (Lipinski definition) is 6. The van der Waals surface area contributed by atoms with Crippen LogP contribution in [0.15, 0.2) is 43.2 Å². The molecule has 1 aromatic carbocycles. The summed E-state index contributed by atoms with van der Waals surface area (Å²) in [6, 6.07) is 5.99. The second kappa shape index (κ2) is 8.57. The first-order chi connectivity index (χ1) is 9.24. The van der Waals surface area contributed by atoms with Crippen molar-refractivity contribution in [1.29, 1.82) is 0 Å². The van der Waals surface area contributed by atoms with Gasteiger partial charge < -0.3 is 9.84 Å². The molecule has 1 heterocycles. The van der Waals surface area contributed by atoms with E-state index < -0.39 is 0 Å². The minimum atomic E-state index is -0.346. The molecule has 2 aromatic rings. The Morgan fingerprint density at radius 1 is 1.11 bits per heavy atom. The molecule has 100 valence electrons. The summed E-state index contributed by atoms with van der Waals surface area (Å²) in [6.07, 6.45) is 5.12. The number of nitrogens with zero attached hydrogens (tertiary/aromatic N) is 3. The number of phenolic OH excluding ortho intramolecular Hbond substituents is 1. The van der Waals surface area contributed by atoms with E-state index >= 15 is 0 Å². The van der Waals surface area contributed by atoms with E-state index in [2.05, 4.69) is 15.0 Å². The van der Waals surface area contributed by atoms with Gasteiger partial charge in [-0.15, -0.1) is 0 Å². The van der Waals surface area contributed by atoms with E-state index in [0.29, 0.717) is 12.2 Å². The number of phenols is 1. The molecule has 6 heteroatoms. The zero-order valence-electron chi connectivity index (χ0n) is 10.6. The average molecular weight is 261 g/mol. The largest absolute Gasteiger partial charge is 0.508 e. The fourth-order valence-electron chi connectivity index (χ4n) is 1.08. The number of ether oxygens (including phenoxy) is 1. The lowest BCUT2D eigenvalue weighted by molar-refractivity contribution is 0.0505. The second-order valence-corrected chi connectivity index (χ2v) is 3.48. The van der Waals surface area contributed by atoms with Crippen LogP contribution < -0.4 is 0 Å². The summed E-state index contributed by atoms with van der Waals surface area (Å²) in [5, 5.41) is 8.96. The highest BCUT2D eigenvalue weighted by atomic mass is 16.5. The van der Waals surface area contributed by atoms with Crippen LogP contribution in [0.2, 0.25) is 0 Å². The molecule has 2 rings (SSSR count). The van der Waals surface area contributed by atoms with Crippen molar-refractivity contribution in [3.63, 3.8) is 0 Å². The summed E-state index contributed by atoms with van der Waals surface area (Å²) in [6.45, 7) is 2.36. The quantitative estimate of drug-likeness (QED) is 0.848. The summed E-state index contributed by atoms with van der Waals surface area (Å²) in [7, 11) is 0. The van der Waals surface area contributed by atoms with Crippen molar-refractivity contribution in [3.8, 4) is 5.75 Å². The van der Waals surface area contributed by atoms with Gasteiger partial charge in [-0.2, -0.15) is 0 Å². The van der Waals surface area contributed by atoms with Crippen molar-refractivity contribution in [1.82, 2.24) is 15.0 Å². The van der Waals surface area contributed by atoms with Gasteiger partial charge in [-0.1, -0.05) is 6.92 Å². The third-order valence-electron chi connectivity index (χ3n) is 1.94. The first kappa shape index (κ1) is 14.6. The molecule has 0 unspecified atom stereocenters. The maximum Gasteiger partial charge on any atom is 0.338 e. The van der Waals surface area contributed by atoms with Gasteiger partial charge in [0.15, 0.2) is 0 Å². The van der Waals surface area contributed by atoms with E-state index in [1.54, 1.807) is 0 Å². The SMILES string of the molecule is CCCOC(=O)c1ccc(O)cc1.c1ncncn1. The normalized spacial score (nSPS) is 9.11. The molecule has 0 fully saturated rings. The predicted molar refractivity (Wildman–Crippen MR) is 68.5 cm³/mol. The van der Waals surface area contributed by atoms with Crippen molar-refractivity contribution in [2.45, 2.75) is 13.3 Å². The minimum absolute atomic E-state index is 0.145. The van der Waals surface area contributed by atoms with Crippen molar-refractivity contribution >= 4 is 5.97 Å². The minimum Gasteiger partial charge on any atom is -0.508 e. The number of benzene rings is 1. The summed E-state index contributed by atoms with van der Waals surface area (Å²) in [4.78, 5) is 21.9. The molecule has 0 aliphatic rings. The van der Waals surface area contributed by atoms with Crippen LogP contribution in [0.1, 0.15) is 23.7 Å². The number of aromatic nitrogens is 3. The van der Waals surface area contributed by atoms with Gasteiger partial charge in [0.2, 0.25) is 0 Å². The van der Waals surface area contributed by atoms with Crippen LogP contribution in [0.25, 0.3) is 0 Å². The number of esters is 1. The van der Waals surface area contributed by atoms with Gasteiger partial charge in [-0.3, -0.25) is 0 Å². The average Bonchev–Trinajstić information content (AvgIpc) is 2.48. The molecule has 1 aromatic heterocycles. The van der Waals surface area contributed by atoms with E-state index in [4.69, 9.17) is 9.84 Å². The molecule has 0 amide bonds. The summed E-state index contributed by atoms with van der Waals surface area (Å²) >= 11 is 0. The molecule has 19 heavy (non-hydrogen) atoms. The highest BCUT2D eigenvalue weighted by molar-refractivity contribution is 5.89. The van der Waals surface area contributed by atoms with E-state index in [9.17, 15) is 4.79 Å². The monoisotopic (exact) mass is 261 g/mol. The Labute approximate surface area is 111 Å². The Bertz CT molecular complexity index is 448. The Morgan fingerprint density at radius 2 is 1.63 bits per heavy atom. The zero-order chi connectivity index (χ0) is 13.9. The molecule has 0 spiro atoms. The maximum atomic E-state index is 11.2. The standard InChI is InChI=1S/C10H12O3.C3H3N3/c1-2-7-13-10(12)8-3-5-9(11)6-4-8;1-4-2-6-3-5-1/h3-6,11H,2,7H2,1H3;1-3H. The van der Waals surface area contributed by atoms with Crippen LogP contribution in [0.3, 0.4) is 0 Å². The number of hydrogen-bond donors (Lipinski definition) is 1. The van der Waals surface area contributed by atoms with Crippen LogP contribution in [0, 0.1) is 0 Å². The fraction of sp³-hybridized carbons (Fsp3) is 0.231. The van der Waals surface area contributed by atoms with E-state index in [1.807, 2.05) is 6.92 Å². The van der Waals surface area contributed by atoms with Gasteiger partial charge in [-0.25, -0.2) is 19.7 Å². The van der Waals surface area contributed by atoms with Crippen LogP contribution >= 0.6 is 0 Å². The number of rotatable bonds is 3. The Hall–Kier alpha value is -2.50. The van der Waals surface area contributed by atoms with Crippen LogP contribution in [-0.2, 0) is 4.74 Å². The van der Waals surface area contributed by atoms with Gasteiger partial charge in [0.05, 0.1) is 12.2 Å². The molecule has 6 nitrogen and oxygen atoms in total. The van der Waals surface area contributed by atoms with Crippen LogP contribution in [0.5, 0.6) is 5.75 Å². The molecule has 0 radical (unpaired) electrons. The lowest BCUT2D eigenvalue weighted by atomic mass is 10.2. The lowest BCUT2D eigenvalue weighted by Crippen LogP contribution is -2.05. The van der Waals surface area contributed by atoms with Gasteiger partial charge in [0, 0.05) is 0 Å². The first-order valence-corrected chi connectivity index (χ1v) is 5.75. The first-order valence-electron chi connectivity index (χ1n) is 5.75. The fourth-order valence-corrected chi connectivity index (χ4v) is 1.08. The third kappa shape index (κ3) is 6.11. The van der Waals surface area contributed by atoms with Gasteiger partial charge in [0.1, 0.15) is 24.7 Å². The molecule has 0 atom stereocenters. The van der Waals surface area contributed by atoms with Crippen molar-refractivity contribution < 1.29 is 14.6 Å². The highest BCUT2D eigenvalue weighted by Crippen LogP contribution is 2.10. The molecule has 1 N–H and O–H groups in total. The number of carbonyl (C=O) groups is 1. The predicted octanol–water partition coefficient (Wildman–Crippen LogP) is 1.83. The van der Waals surface area contributed by atoms with Gasteiger partial charge in [-0.05, 0) is 30.7 Å². The third-order valence-corrected chi connectivity index (χ3v) is 1.94. The number of carbonyl (C=O) groups excluding carboxylic acids is 1. The smallest absolute Gasteiger partial charge is 0.338 e. The maximum absolute atomic E-state index is 11.2. The summed E-state index contributed by atoms with van der Waals surface area (Å²) in [5.74, 6) is -0.200. The van der Waals surface area contributed by atoms with E-state index in [-0.39, 0.29) is 11.7 Å². The van der Waals surface area contributed by atoms with E-state index in [0.717, 1.165) is 6.42 Å². The Morgan fingerprint density at radius 3 is 2.05 bits per heavy atom. The van der Waals surface area contributed by atoms with Gasteiger partial charge in [0.25, 0.3) is 0 Å². The second-order valence-electron chi connectivity index (χ2n) is 3.48. The number of aromatic hydroxyl groups is 1. The van der Waals surface area contributed by atoms with Crippen LogP contribution in [-0.4, -0.2) is 32.6 Å². The molecule has 0 aliphatic heterocycles. The van der Waals surface area contributed by atoms with Crippen molar-refractivity contribution in [2.75, 3.05) is 6.61 Å². The van der Waals surface area contributed by atoms with Crippen molar-refractivity contribution in [3.05, 3.63) is 48.8 Å². The molecule has 0 aliphatic carbocycles. The molecular formula is C13H15N3O3. The zero-order valence-corrected chi connectivity index (χ0v) is 10.6. The Kier molecular flexibility index (Phi) is 6.57. The summed E-state index contributed by atoms with van der Waals surface area (Å²) < 4.78 is 4.90. The highest BCUT2D eigenvalue weighted by Gasteiger charge is 2.05. The molecule has 0 saturated heterocycles. The molecular weight excluding hydrogens is 246 g/mol. The van der Waals surface area contributed by atoms with E-state index in [1.165, 1.54) is 43.2 Å². The molecule has 0 bridgehead atoms. The molecule has 0 saturated carbocycles. The summed E-state index contributed by atoms with van der Waals surface area (Å²) in [5.41, 5.74) is 0.464.